The zero-order valence-corrected chi connectivity index (χ0v) is 19.9. The van der Waals surface area contributed by atoms with Crippen LogP contribution >= 0.6 is 0 Å². The van der Waals surface area contributed by atoms with Crippen molar-refractivity contribution < 1.29 is 32.7 Å². The van der Waals surface area contributed by atoms with E-state index >= 15 is 0 Å². The number of benzene rings is 2. The number of amides is 2. The van der Waals surface area contributed by atoms with Crippen LogP contribution in [0.15, 0.2) is 54.6 Å². The highest BCUT2D eigenvalue weighted by molar-refractivity contribution is 6.02. The molecular formula is C25H29F2N3O5. The summed E-state index contributed by atoms with van der Waals surface area (Å²) in [5, 5.41) is 4.86. The Hall–Kier alpha value is -3.66. The summed E-state index contributed by atoms with van der Waals surface area (Å²) in [5.74, 6) is -7.67. The van der Waals surface area contributed by atoms with E-state index < -0.39 is 47.2 Å². The first kappa shape index (κ1) is 27.6. The van der Waals surface area contributed by atoms with E-state index in [0.717, 1.165) is 6.92 Å². The van der Waals surface area contributed by atoms with Gasteiger partial charge in [-0.2, -0.15) is 8.78 Å². The number of nitrogens with two attached hydrogens (primary N) is 1. The van der Waals surface area contributed by atoms with Crippen molar-refractivity contribution in [2.75, 3.05) is 5.32 Å². The number of anilines is 1. The minimum absolute atomic E-state index is 0.168. The van der Waals surface area contributed by atoms with E-state index in [1.807, 2.05) is 0 Å². The number of rotatable bonds is 9. The van der Waals surface area contributed by atoms with E-state index in [4.69, 9.17) is 10.5 Å². The molecule has 2 amide bonds. The average Bonchev–Trinajstić information content (AvgIpc) is 2.77. The van der Waals surface area contributed by atoms with Gasteiger partial charge in [0.05, 0.1) is 6.04 Å². The van der Waals surface area contributed by atoms with Crippen molar-refractivity contribution in [1.82, 2.24) is 5.32 Å². The molecule has 8 nitrogen and oxygen atoms in total. The smallest absolute Gasteiger partial charge is 0.412 e. The third-order valence-corrected chi connectivity index (χ3v) is 4.85. The molecule has 10 heteroatoms. The summed E-state index contributed by atoms with van der Waals surface area (Å²) >= 11 is 0. The third-order valence-electron chi connectivity index (χ3n) is 4.85. The number of Topliss-reactive ketones (excluding diaryl/α,β-unsaturated/α-hetero) is 2. The Morgan fingerprint density at radius 1 is 0.971 bits per heavy atom. The highest BCUT2D eigenvalue weighted by Gasteiger charge is 2.50. The topological polar surface area (TPSA) is 128 Å². The quantitative estimate of drug-likeness (QED) is 0.495. The lowest BCUT2D eigenvalue weighted by atomic mass is 9.93. The van der Waals surface area contributed by atoms with E-state index in [1.54, 1.807) is 39.0 Å². The number of nitrogens with one attached hydrogen (secondary N) is 2. The molecule has 0 heterocycles. The monoisotopic (exact) mass is 489 g/mol. The van der Waals surface area contributed by atoms with Crippen molar-refractivity contribution >= 4 is 29.3 Å². The van der Waals surface area contributed by atoms with Gasteiger partial charge in [-0.25, -0.2) is 4.79 Å². The van der Waals surface area contributed by atoms with Crippen molar-refractivity contribution in [3.8, 4) is 0 Å². The lowest BCUT2D eigenvalue weighted by Gasteiger charge is -2.26. The summed E-state index contributed by atoms with van der Waals surface area (Å²) in [4.78, 5) is 48.7. The van der Waals surface area contributed by atoms with Gasteiger partial charge in [-0.1, -0.05) is 30.3 Å². The summed E-state index contributed by atoms with van der Waals surface area (Å²) in [6.45, 7) is 6.00. The van der Waals surface area contributed by atoms with Crippen LogP contribution in [0.5, 0.6) is 0 Å². The van der Waals surface area contributed by atoms with Crippen LogP contribution in [0.2, 0.25) is 0 Å². The second-order valence-corrected chi connectivity index (χ2v) is 9.00. The molecule has 188 valence electrons. The van der Waals surface area contributed by atoms with E-state index in [9.17, 15) is 28.0 Å². The predicted molar refractivity (Wildman–Crippen MR) is 126 cm³/mol. The van der Waals surface area contributed by atoms with Crippen LogP contribution in [0.1, 0.15) is 43.6 Å². The Kier molecular flexibility index (Phi) is 8.81. The number of ketones is 2. The van der Waals surface area contributed by atoms with Crippen LogP contribution in [-0.2, 0) is 20.7 Å². The molecule has 0 radical (unpaired) electrons. The molecule has 35 heavy (non-hydrogen) atoms. The number of hydrogen-bond donors (Lipinski definition) is 3. The van der Waals surface area contributed by atoms with Crippen molar-refractivity contribution in [1.29, 1.82) is 0 Å². The van der Waals surface area contributed by atoms with Gasteiger partial charge in [-0.3, -0.25) is 19.7 Å². The summed E-state index contributed by atoms with van der Waals surface area (Å²) < 4.78 is 34.6. The van der Waals surface area contributed by atoms with Crippen molar-refractivity contribution in [3.05, 3.63) is 65.7 Å². The average molecular weight is 490 g/mol. The van der Waals surface area contributed by atoms with E-state index in [1.165, 1.54) is 36.4 Å². The normalized spacial score (nSPS) is 13.3. The fourth-order valence-corrected chi connectivity index (χ4v) is 3.06. The van der Waals surface area contributed by atoms with Gasteiger partial charge in [0, 0.05) is 17.7 Å². The molecule has 0 saturated heterocycles. The summed E-state index contributed by atoms with van der Waals surface area (Å²) in [7, 11) is 0. The van der Waals surface area contributed by atoms with E-state index in [0.29, 0.717) is 11.3 Å². The van der Waals surface area contributed by atoms with Gasteiger partial charge < -0.3 is 15.8 Å². The SMILES string of the molecule is CC(=O)C(N)C(F)(F)C(=O)C(Cc1ccc(NC(=O)OC(C)(C)C)cc1)NC(=O)c1ccccc1. The molecule has 2 atom stereocenters. The van der Waals surface area contributed by atoms with Gasteiger partial charge in [-0.15, -0.1) is 0 Å². The first-order valence-electron chi connectivity index (χ1n) is 10.8. The van der Waals surface area contributed by atoms with Crippen LogP contribution in [0.4, 0.5) is 19.3 Å². The number of ether oxygens (including phenoxy) is 1. The Bertz CT molecular complexity index is 1070. The fraction of sp³-hybridized carbons (Fsp3) is 0.360. The van der Waals surface area contributed by atoms with E-state index in [2.05, 4.69) is 10.6 Å². The summed E-state index contributed by atoms with van der Waals surface area (Å²) in [6.07, 6.45) is -0.976. The molecule has 2 rings (SSSR count). The van der Waals surface area contributed by atoms with Crippen LogP contribution < -0.4 is 16.4 Å². The van der Waals surface area contributed by atoms with Crippen LogP contribution in [-0.4, -0.2) is 47.2 Å². The van der Waals surface area contributed by atoms with Gasteiger partial charge in [-0.05, 0) is 57.5 Å². The van der Waals surface area contributed by atoms with Gasteiger partial charge in [0.2, 0.25) is 5.78 Å². The molecule has 2 aromatic rings. The molecule has 2 aromatic carbocycles. The zero-order chi connectivity index (χ0) is 26.4. The number of halogens is 2. The van der Waals surface area contributed by atoms with E-state index in [-0.39, 0.29) is 12.0 Å². The van der Waals surface area contributed by atoms with Crippen molar-refractivity contribution in [2.24, 2.45) is 5.73 Å². The Balaban J connectivity index is 2.25. The first-order valence-corrected chi connectivity index (χ1v) is 10.8. The lowest BCUT2D eigenvalue weighted by molar-refractivity contribution is -0.152. The minimum Gasteiger partial charge on any atom is -0.444 e. The molecule has 0 aliphatic rings. The number of hydrogen-bond acceptors (Lipinski definition) is 6. The summed E-state index contributed by atoms with van der Waals surface area (Å²) in [6, 6.07) is 9.77. The minimum atomic E-state index is -4.20. The molecule has 0 bridgehead atoms. The molecule has 0 aliphatic heterocycles. The molecular weight excluding hydrogens is 460 g/mol. The maximum absolute atomic E-state index is 14.7. The molecule has 2 unspecified atom stereocenters. The van der Waals surface area contributed by atoms with Crippen LogP contribution in [0.3, 0.4) is 0 Å². The largest absolute Gasteiger partial charge is 0.444 e. The van der Waals surface area contributed by atoms with Crippen LogP contribution in [0.25, 0.3) is 0 Å². The highest BCUT2D eigenvalue weighted by Crippen LogP contribution is 2.23. The fourth-order valence-electron chi connectivity index (χ4n) is 3.06. The second kappa shape index (κ2) is 11.2. The number of carbonyl (C=O) groups excluding carboxylic acids is 4. The van der Waals surface area contributed by atoms with Gasteiger partial charge in [0.1, 0.15) is 11.6 Å². The first-order chi connectivity index (χ1) is 16.2. The molecule has 0 fully saturated rings. The zero-order valence-electron chi connectivity index (χ0n) is 19.9. The lowest BCUT2D eigenvalue weighted by Crippen LogP contribution is -2.58. The molecule has 0 aromatic heterocycles. The predicted octanol–water partition coefficient (Wildman–Crippen LogP) is 3.50. The van der Waals surface area contributed by atoms with Crippen molar-refractivity contribution in [2.45, 2.75) is 57.7 Å². The Morgan fingerprint density at radius 3 is 2.06 bits per heavy atom. The second-order valence-electron chi connectivity index (χ2n) is 9.00. The van der Waals surface area contributed by atoms with Gasteiger partial charge in [0.15, 0.2) is 5.78 Å². The molecule has 0 aliphatic carbocycles. The van der Waals surface area contributed by atoms with Gasteiger partial charge in [0.25, 0.3) is 5.91 Å². The maximum Gasteiger partial charge on any atom is 0.412 e. The Morgan fingerprint density at radius 2 is 1.54 bits per heavy atom. The van der Waals surface area contributed by atoms with Gasteiger partial charge >= 0.3 is 12.0 Å². The third kappa shape index (κ3) is 7.96. The molecule has 0 saturated carbocycles. The summed E-state index contributed by atoms with van der Waals surface area (Å²) in [5.41, 5.74) is 5.56. The van der Waals surface area contributed by atoms with Crippen LogP contribution in [0, 0.1) is 0 Å². The maximum atomic E-state index is 14.7. The molecule has 0 spiro atoms. The van der Waals surface area contributed by atoms with Crippen molar-refractivity contribution in [3.63, 3.8) is 0 Å². The highest BCUT2D eigenvalue weighted by atomic mass is 19.3. The standard InChI is InChI=1S/C25H29F2N3O5/c1-15(31)20(28)25(26,27)21(32)19(30-22(33)17-8-6-5-7-9-17)14-16-10-12-18(13-11-16)29-23(34)35-24(2,3)4/h5-13,19-20H,14,28H2,1-4H3,(H,29,34)(H,30,33). The number of carbonyl (C=O) groups is 4. The molecule has 4 N–H and O–H groups in total. The number of alkyl halides is 2. The Labute approximate surface area is 202 Å².